The van der Waals surface area contributed by atoms with Crippen LogP contribution in [0.3, 0.4) is 0 Å². The molecule has 0 saturated heterocycles. The fourth-order valence-corrected chi connectivity index (χ4v) is 2.71. The topological polar surface area (TPSA) is 42.0 Å². The maximum Gasteiger partial charge on any atom is 0.253 e. The van der Waals surface area contributed by atoms with Gasteiger partial charge in [0, 0.05) is 17.8 Å². The van der Waals surface area contributed by atoms with Crippen molar-refractivity contribution in [2.75, 3.05) is 7.05 Å². The van der Waals surface area contributed by atoms with Gasteiger partial charge in [-0.3, -0.25) is 4.79 Å². The van der Waals surface area contributed by atoms with E-state index < -0.39 is 0 Å². The van der Waals surface area contributed by atoms with Gasteiger partial charge in [-0.15, -0.1) is 0 Å². The van der Waals surface area contributed by atoms with E-state index in [2.05, 4.69) is 10.3 Å². The molecule has 0 aliphatic rings. The zero-order valence-corrected chi connectivity index (χ0v) is 12.0. The van der Waals surface area contributed by atoms with Crippen molar-refractivity contribution in [1.82, 2.24) is 10.3 Å². The van der Waals surface area contributed by atoms with Crippen molar-refractivity contribution in [3.05, 3.63) is 52.5 Å². The molecule has 0 spiro atoms. The molecule has 0 bridgehead atoms. The number of amides is 1. The van der Waals surface area contributed by atoms with Gasteiger partial charge in [0.1, 0.15) is 0 Å². The summed E-state index contributed by atoms with van der Waals surface area (Å²) < 4.78 is 0. The first-order valence-electron chi connectivity index (χ1n) is 6.33. The minimum Gasteiger partial charge on any atom is -0.355 e. The molecule has 0 atom stereocenters. The summed E-state index contributed by atoms with van der Waals surface area (Å²) in [6.45, 7) is 1.99. The largest absolute Gasteiger partial charge is 0.355 e. The molecule has 3 nitrogen and oxygen atoms in total. The van der Waals surface area contributed by atoms with Gasteiger partial charge in [-0.2, -0.15) is 0 Å². The number of fused-ring (bicyclic) bond motifs is 2. The Morgan fingerprint density at radius 1 is 1.10 bits per heavy atom. The predicted molar refractivity (Wildman–Crippen MR) is 82.4 cm³/mol. The summed E-state index contributed by atoms with van der Waals surface area (Å²) in [5, 5.41) is 4.98. The van der Waals surface area contributed by atoms with Crippen molar-refractivity contribution in [3.63, 3.8) is 0 Å². The Balaban J connectivity index is 2.51. The number of benzene rings is 2. The van der Waals surface area contributed by atoms with Gasteiger partial charge in [-0.05, 0) is 18.6 Å². The van der Waals surface area contributed by atoms with Crippen LogP contribution in [0.25, 0.3) is 21.8 Å². The summed E-state index contributed by atoms with van der Waals surface area (Å²) in [6, 6.07) is 11.4. The molecule has 0 saturated carbocycles. The van der Waals surface area contributed by atoms with Crippen LogP contribution in [0.2, 0.25) is 5.02 Å². The third-order valence-electron chi connectivity index (χ3n) is 3.44. The number of hydrogen-bond acceptors (Lipinski definition) is 2. The van der Waals surface area contributed by atoms with Crippen LogP contribution in [0.4, 0.5) is 0 Å². The second-order valence-corrected chi connectivity index (χ2v) is 5.06. The number of rotatable bonds is 1. The van der Waals surface area contributed by atoms with Crippen LogP contribution in [0, 0.1) is 6.92 Å². The zero-order chi connectivity index (χ0) is 14.3. The van der Waals surface area contributed by atoms with Crippen molar-refractivity contribution in [2.24, 2.45) is 0 Å². The lowest BCUT2D eigenvalue weighted by Gasteiger charge is -2.10. The summed E-state index contributed by atoms with van der Waals surface area (Å²) in [4.78, 5) is 16.6. The number of nitrogens with zero attached hydrogens (tertiary/aromatic N) is 1. The van der Waals surface area contributed by atoms with E-state index in [9.17, 15) is 4.79 Å². The summed E-state index contributed by atoms with van der Waals surface area (Å²) in [5.74, 6) is -0.160. The van der Waals surface area contributed by atoms with Gasteiger partial charge in [0.2, 0.25) is 0 Å². The quantitative estimate of drug-likeness (QED) is 0.692. The van der Waals surface area contributed by atoms with Gasteiger partial charge in [0.15, 0.2) is 0 Å². The van der Waals surface area contributed by atoms with Crippen LogP contribution in [0.5, 0.6) is 0 Å². The van der Waals surface area contributed by atoms with Crippen LogP contribution in [0.15, 0.2) is 36.4 Å². The maximum atomic E-state index is 12.0. The fraction of sp³-hybridized carbons (Fsp3) is 0.125. The average molecular weight is 285 g/mol. The van der Waals surface area contributed by atoms with Crippen LogP contribution in [-0.4, -0.2) is 17.9 Å². The van der Waals surface area contributed by atoms with Gasteiger partial charge in [-0.25, -0.2) is 4.98 Å². The number of hydrogen-bond donors (Lipinski definition) is 1. The summed E-state index contributed by atoms with van der Waals surface area (Å²) >= 11 is 6.49. The summed E-state index contributed by atoms with van der Waals surface area (Å²) in [7, 11) is 1.61. The first-order valence-corrected chi connectivity index (χ1v) is 6.71. The lowest BCUT2D eigenvalue weighted by atomic mass is 10.0. The number of nitrogens with one attached hydrogen (secondary N) is 1. The third-order valence-corrected chi connectivity index (χ3v) is 3.85. The molecule has 0 aliphatic carbocycles. The first kappa shape index (κ1) is 12.9. The Morgan fingerprint density at radius 3 is 2.45 bits per heavy atom. The second-order valence-electron chi connectivity index (χ2n) is 4.68. The van der Waals surface area contributed by atoms with Crippen molar-refractivity contribution in [1.29, 1.82) is 0 Å². The van der Waals surface area contributed by atoms with Crippen LogP contribution >= 0.6 is 11.6 Å². The van der Waals surface area contributed by atoms with Gasteiger partial charge in [0.25, 0.3) is 5.91 Å². The maximum absolute atomic E-state index is 12.0. The molecule has 20 heavy (non-hydrogen) atoms. The van der Waals surface area contributed by atoms with E-state index in [-0.39, 0.29) is 5.91 Å². The molecule has 100 valence electrons. The van der Waals surface area contributed by atoms with E-state index in [0.29, 0.717) is 16.1 Å². The minimum absolute atomic E-state index is 0.160. The molecule has 1 amide bonds. The SMILES string of the molecule is CNC(=O)c1cccc2c(Cl)c3cccc(C)c3nc12. The molecule has 1 N–H and O–H groups in total. The van der Waals surface area contributed by atoms with E-state index in [4.69, 9.17) is 11.6 Å². The van der Waals surface area contributed by atoms with Gasteiger partial charge >= 0.3 is 0 Å². The lowest BCUT2D eigenvalue weighted by molar-refractivity contribution is 0.0964. The molecule has 0 unspecified atom stereocenters. The highest BCUT2D eigenvalue weighted by Gasteiger charge is 2.14. The smallest absolute Gasteiger partial charge is 0.253 e. The molecule has 1 aromatic heterocycles. The molecule has 1 heterocycles. The van der Waals surface area contributed by atoms with E-state index >= 15 is 0 Å². The van der Waals surface area contributed by atoms with Crippen LogP contribution in [0.1, 0.15) is 15.9 Å². The Morgan fingerprint density at radius 2 is 1.75 bits per heavy atom. The number of para-hydroxylation sites is 2. The number of aromatic nitrogens is 1. The first-order chi connectivity index (χ1) is 9.63. The van der Waals surface area contributed by atoms with E-state index in [1.807, 2.05) is 37.3 Å². The fourth-order valence-electron chi connectivity index (χ4n) is 2.40. The Labute approximate surface area is 121 Å². The van der Waals surface area contributed by atoms with Crippen molar-refractivity contribution < 1.29 is 4.79 Å². The lowest BCUT2D eigenvalue weighted by Crippen LogP contribution is -2.18. The summed E-state index contributed by atoms with van der Waals surface area (Å²) in [5.41, 5.74) is 3.05. The Hall–Kier alpha value is -2.13. The molecule has 4 heteroatoms. The van der Waals surface area contributed by atoms with Crippen LogP contribution in [-0.2, 0) is 0 Å². The molecular weight excluding hydrogens is 272 g/mol. The van der Waals surface area contributed by atoms with E-state index in [1.165, 1.54) is 0 Å². The standard InChI is InChI=1S/C16H13ClN2O/c1-9-5-3-6-10-13(17)11-7-4-8-12(16(20)18-2)15(11)19-14(9)10/h3-8H,1-2H3,(H,18,20). The number of carbonyl (C=O) groups excluding carboxylic acids is 1. The number of aryl methyl sites for hydroxylation is 1. The minimum atomic E-state index is -0.160. The van der Waals surface area contributed by atoms with Crippen LogP contribution < -0.4 is 5.32 Å². The highest BCUT2D eigenvalue weighted by atomic mass is 35.5. The van der Waals surface area contributed by atoms with Gasteiger partial charge < -0.3 is 5.32 Å². The Bertz CT molecular complexity index is 843. The molecule has 3 aromatic rings. The van der Waals surface area contributed by atoms with Gasteiger partial charge in [-0.1, -0.05) is 41.9 Å². The number of pyridine rings is 1. The van der Waals surface area contributed by atoms with Gasteiger partial charge in [0.05, 0.1) is 21.6 Å². The van der Waals surface area contributed by atoms with Crippen molar-refractivity contribution >= 4 is 39.3 Å². The monoisotopic (exact) mass is 284 g/mol. The summed E-state index contributed by atoms with van der Waals surface area (Å²) in [6.07, 6.45) is 0. The zero-order valence-electron chi connectivity index (χ0n) is 11.2. The van der Waals surface area contributed by atoms with Crippen molar-refractivity contribution in [2.45, 2.75) is 6.92 Å². The van der Waals surface area contributed by atoms with E-state index in [0.717, 1.165) is 21.9 Å². The molecule has 0 aliphatic heterocycles. The average Bonchev–Trinajstić information content (AvgIpc) is 2.47. The predicted octanol–water partition coefficient (Wildman–Crippen LogP) is 3.71. The Kier molecular flexibility index (Phi) is 3.07. The second kappa shape index (κ2) is 4.76. The van der Waals surface area contributed by atoms with E-state index in [1.54, 1.807) is 13.1 Å². The molecular formula is C16H13ClN2O. The highest BCUT2D eigenvalue weighted by molar-refractivity contribution is 6.40. The molecule has 2 aromatic carbocycles. The number of carbonyl (C=O) groups is 1. The molecule has 0 radical (unpaired) electrons. The third kappa shape index (κ3) is 1.82. The molecule has 3 rings (SSSR count). The normalized spacial score (nSPS) is 10.9. The van der Waals surface area contributed by atoms with Crippen molar-refractivity contribution in [3.8, 4) is 0 Å². The number of halogens is 1. The highest BCUT2D eigenvalue weighted by Crippen LogP contribution is 2.32. The molecule has 0 fully saturated rings.